The number of phenols is 1. The summed E-state index contributed by atoms with van der Waals surface area (Å²) in [6.45, 7) is 18.9. The van der Waals surface area contributed by atoms with Crippen LogP contribution in [0.2, 0.25) is 0 Å². The van der Waals surface area contributed by atoms with Crippen molar-refractivity contribution >= 4 is 29.2 Å². The molecule has 4 heterocycles. The Morgan fingerprint density at radius 2 is 1.66 bits per heavy atom. The third kappa shape index (κ3) is 8.54. The van der Waals surface area contributed by atoms with Gasteiger partial charge in [0.1, 0.15) is 29.0 Å². The molecule has 0 aromatic heterocycles. The molecule has 1 aromatic rings. The van der Waals surface area contributed by atoms with Gasteiger partial charge in [0.25, 0.3) is 11.7 Å². The Labute approximate surface area is 357 Å². The van der Waals surface area contributed by atoms with E-state index in [1.165, 1.54) is 33.1 Å². The van der Waals surface area contributed by atoms with E-state index in [2.05, 4.69) is 29.4 Å². The summed E-state index contributed by atoms with van der Waals surface area (Å²) in [4.78, 5) is 63.2. The van der Waals surface area contributed by atoms with Crippen LogP contribution < -0.4 is 15.4 Å². The molecule has 9 atom stereocenters. The summed E-state index contributed by atoms with van der Waals surface area (Å²) in [6.07, 6.45) is 5.62. The number of benzene rings is 1. The normalized spacial score (nSPS) is 33.8. The number of likely N-dealkylation sites (tertiary alicyclic amines) is 1. The molecule has 0 saturated carbocycles. The molecular weight excluding hydrogens is 785 g/mol. The molecule has 5 bridgehead atoms. The maximum atomic E-state index is 14.7. The van der Waals surface area contributed by atoms with Gasteiger partial charge in [-0.25, -0.2) is 0 Å². The minimum atomic E-state index is -1.99. The van der Waals surface area contributed by atoms with Crippen molar-refractivity contribution < 1.29 is 53.8 Å². The van der Waals surface area contributed by atoms with E-state index in [9.17, 15) is 39.6 Å². The van der Waals surface area contributed by atoms with Crippen molar-refractivity contribution in [1.82, 2.24) is 15.5 Å². The number of aliphatic hydroxyl groups is 3. The molecule has 6 rings (SSSR count). The van der Waals surface area contributed by atoms with Crippen molar-refractivity contribution in [2.75, 3.05) is 26.2 Å². The molecule has 6 N–H and O–H groups in total. The second-order valence-corrected chi connectivity index (χ2v) is 18.2. The fraction of sp³-hybridized carbons (Fsp3) is 0.587. The minimum Gasteiger partial charge on any atom is -0.507 e. The molecule has 0 radical (unpaired) electrons. The van der Waals surface area contributed by atoms with Gasteiger partial charge in [-0.3, -0.25) is 24.2 Å². The number of ether oxygens (including phenoxy) is 3. The summed E-state index contributed by atoms with van der Waals surface area (Å²) in [7, 11) is 0. The molecule has 1 saturated heterocycles. The average molecular weight is 847 g/mol. The summed E-state index contributed by atoms with van der Waals surface area (Å²) in [5, 5.41) is 51.6. The highest BCUT2D eigenvalue weighted by molar-refractivity contribution is 6.34. The van der Waals surface area contributed by atoms with Crippen molar-refractivity contribution in [3.8, 4) is 11.5 Å². The van der Waals surface area contributed by atoms with Gasteiger partial charge >= 0.3 is 11.8 Å². The van der Waals surface area contributed by atoms with Crippen LogP contribution in [0.15, 0.2) is 52.5 Å². The van der Waals surface area contributed by atoms with Crippen molar-refractivity contribution in [1.29, 1.82) is 0 Å². The number of hydrogen-bond acceptors (Lipinski definition) is 14. The quantitative estimate of drug-likeness (QED) is 0.235. The molecular formula is C46H62N4O11. The number of aromatic hydroxyl groups is 1. The largest absolute Gasteiger partial charge is 0.507 e. The van der Waals surface area contributed by atoms with Gasteiger partial charge in [0.15, 0.2) is 0 Å². The number of nitrogens with zero attached hydrogens (tertiary/aromatic N) is 2. The number of aliphatic imine (C=N–C) groups is 1. The first kappa shape index (κ1) is 45.7. The number of piperidine rings is 1. The summed E-state index contributed by atoms with van der Waals surface area (Å²) >= 11 is 0. The van der Waals surface area contributed by atoms with Gasteiger partial charge in [0, 0.05) is 99.2 Å². The Kier molecular flexibility index (Phi) is 13.1. The van der Waals surface area contributed by atoms with Crippen molar-refractivity contribution in [3.05, 3.63) is 69.8 Å². The summed E-state index contributed by atoms with van der Waals surface area (Å²) in [5.41, 5.74) is -0.306. The molecule has 1 aliphatic carbocycles. The lowest BCUT2D eigenvalue weighted by Crippen LogP contribution is -2.50. The highest BCUT2D eigenvalue weighted by Crippen LogP contribution is 2.50. The van der Waals surface area contributed by atoms with E-state index >= 15 is 0 Å². The van der Waals surface area contributed by atoms with Gasteiger partial charge in [-0.2, -0.15) is 0 Å². The molecule has 4 aliphatic heterocycles. The van der Waals surface area contributed by atoms with Gasteiger partial charge in [0.05, 0.1) is 41.0 Å². The maximum absolute atomic E-state index is 14.7. The van der Waals surface area contributed by atoms with E-state index in [0.29, 0.717) is 31.8 Å². The van der Waals surface area contributed by atoms with Crippen LogP contribution >= 0.6 is 0 Å². The second-order valence-electron chi connectivity index (χ2n) is 18.2. The van der Waals surface area contributed by atoms with Crippen LogP contribution in [0, 0.1) is 42.4 Å². The summed E-state index contributed by atoms with van der Waals surface area (Å²) < 4.78 is 18.1. The van der Waals surface area contributed by atoms with Gasteiger partial charge < -0.3 is 50.2 Å². The van der Waals surface area contributed by atoms with Gasteiger partial charge in [0.2, 0.25) is 5.78 Å². The van der Waals surface area contributed by atoms with Crippen molar-refractivity contribution in [2.24, 2.45) is 40.5 Å². The van der Waals surface area contributed by atoms with E-state index in [4.69, 9.17) is 19.2 Å². The summed E-state index contributed by atoms with van der Waals surface area (Å²) in [5.74, 6) is -7.71. The SMILES string of the molecule is CC(=O)O[C@@H]1[C@H](C)[C@@H](CO)/C=C/O[C@@]2(C)Oc3c(C)c(O)c4c(c3C2=O)C2=NC3(CCN(CC(C)C)CC3)NC2=C(NC(=O)/C(C)=C\C=C\[C@H](C)[C@H](O)[C@@H](C)C(O)[C@H]1C)C4=O. The van der Waals surface area contributed by atoms with E-state index in [0.717, 1.165) is 6.54 Å². The lowest BCUT2D eigenvalue weighted by molar-refractivity contribution is -0.159. The second kappa shape index (κ2) is 17.5. The number of carbonyl (C=O) groups is 4. The molecule has 15 heteroatoms. The fourth-order valence-electron chi connectivity index (χ4n) is 9.29. The molecule has 1 unspecified atom stereocenters. The van der Waals surface area contributed by atoms with Crippen LogP contribution in [-0.4, -0.2) is 110 Å². The fourth-order valence-corrected chi connectivity index (χ4v) is 9.29. The molecule has 1 amide bonds. The predicted octanol–water partition coefficient (Wildman–Crippen LogP) is 4.21. The monoisotopic (exact) mass is 846 g/mol. The Morgan fingerprint density at radius 3 is 2.28 bits per heavy atom. The minimum absolute atomic E-state index is 0.00169. The topological polar surface area (TPSA) is 217 Å². The lowest BCUT2D eigenvalue weighted by atomic mass is 9.76. The maximum Gasteiger partial charge on any atom is 0.312 e. The van der Waals surface area contributed by atoms with Crippen LogP contribution in [0.25, 0.3) is 0 Å². The van der Waals surface area contributed by atoms with E-state index in [1.807, 2.05) is 0 Å². The Hall–Kier alpha value is -4.83. The molecule has 61 heavy (non-hydrogen) atoms. The number of carbonyl (C=O) groups excluding carboxylic acids is 4. The highest BCUT2D eigenvalue weighted by atomic mass is 16.7. The van der Waals surface area contributed by atoms with Gasteiger partial charge in [-0.1, -0.05) is 59.8 Å². The number of aliphatic hydroxyl groups excluding tert-OH is 3. The zero-order valence-electron chi connectivity index (χ0n) is 36.9. The Balaban J connectivity index is 1.49. The number of allylic oxidation sites excluding steroid dienone is 4. The number of nitrogens with one attached hydrogen (secondary N) is 2. The zero-order valence-corrected chi connectivity index (χ0v) is 36.9. The first-order valence-electron chi connectivity index (χ1n) is 21.3. The number of ketones is 2. The van der Waals surface area contributed by atoms with Gasteiger partial charge in [-0.15, -0.1) is 0 Å². The van der Waals surface area contributed by atoms with E-state index in [-0.39, 0.29) is 50.7 Å². The number of phenolic OH excluding ortho intramolecular Hbond substituents is 1. The predicted molar refractivity (Wildman–Crippen MR) is 227 cm³/mol. The van der Waals surface area contributed by atoms with Crippen LogP contribution in [0.3, 0.4) is 0 Å². The number of hydrogen-bond donors (Lipinski definition) is 6. The number of Topliss-reactive ketones (excluding diaryl/α,β-unsaturated/α-hetero) is 2. The number of fused-ring (bicyclic) bond motifs is 3. The third-order valence-corrected chi connectivity index (χ3v) is 13.1. The Bertz CT molecular complexity index is 2110. The standard InChI is InChI=1S/C46H62N4O11/c1-22(2)20-50-17-15-46(16-18-50)48-34-31-32-39(55)28(8)42-33(31)43(57)45(10,61-42)59-19-14-30(21-51)25(5)41(60-29(9)52)27(7)38(54)26(6)37(53)23(3)12-11-13-24(4)44(58)47-36(40(32)56)35(34)49-46/h11-14,19,22-23,25-27,30,37-38,41,49,51,53-55H,15-18,20-21H2,1-10H3,(H,47,58)/b12-11+,19-14+,24-13-/t23-,25+,26+,27+,30+,37-,38?,41+,45-/m0/s1. The van der Waals surface area contributed by atoms with Crippen LogP contribution in [0.4, 0.5) is 0 Å². The molecule has 1 spiro atoms. The van der Waals surface area contributed by atoms with E-state index < -0.39 is 95.2 Å². The number of rotatable bonds is 4. The lowest BCUT2D eigenvalue weighted by Gasteiger charge is -2.38. The smallest absolute Gasteiger partial charge is 0.312 e. The van der Waals surface area contributed by atoms with Crippen LogP contribution in [0.1, 0.15) is 107 Å². The first-order valence-corrected chi connectivity index (χ1v) is 21.3. The summed E-state index contributed by atoms with van der Waals surface area (Å²) in [6, 6.07) is 0. The van der Waals surface area contributed by atoms with Crippen molar-refractivity contribution in [2.45, 2.75) is 112 Å². The zero-order chi connectivity index (χ0) is 44.9. The van der Waals surface area contributed by atoms with Crippen LogP contribution in [-0.2, 0) is 19.1 Å². The van der Waals surface area contributed by atoms with Gasteiger partial charge in [-0.05, 0) is 25.8 Å². The molecule has 1 aromatic carbocycles. The molecule has 15 nitrogen and oxygen atoms in total. The highest BCUT2D eigenvalue weighted by Gasteiger charge is 2.54. The van der Waals surface area contributed by atoms with Crippen LogP contribution in [0.5, 0.6) is 11.5 Å². The molecule has 5 aliphatic rings. The average Bonchev–Trinajstić information content (AvgIpc) is 3.71. The molecule has 1 fully saturated rings. The van der Waals surface area contributed by atoms with Crippen molar-refractivity contribution in [3.63, 3.8) is 0 Å². The van der Waals surface area contributed by atoms with E-state index in [1.54, 1.807) is 52.8 Å². The molecule has 332 valence electrons. The Morgan fingerprint density at radius 1 is 0.984 bits per heavy atom. The third-order valence-electron chi connectivity index (χ3n) is 13.1. The number of esters is 1. The first-order chi connectivity index (χ1) is 28.6. The number of amides is 1.